The second-order valence-corrected chi connectivity index (χ2v) is 8.35. The van der Waals surface area contributed by atoms with Crippen LogP contribution in [0.3, 0.4) is 0 Å². The highest BCUT2D eigenvalue weighted by atomic mass is 32.1. The van der Waals surface area contributed by atoms with Crippen molar-refractivity contribution in [2.45, 2.75) is 20.8 Å². The van der Waals surface area contributed by atoms with Crippen LogP contribution in [0.15, 0.2) is 68.2 Å². The first-order chi connectivity index (χ1) is 16.4. The molecule has 0 fully saturated rings. The Balaban J connectivity index is 1.53. The van der Waals surface area contributed by atoms with Gasteiger partial charge in [0.2, 0.25) is 5.13 Å². The molecule has 2 heterocycles. The molecule has 0 radical (unpaired) electrons. The summed E-state index contributed by atoms with van der Waals surface area (Å²) in [4.78, 5) is 29.6. The molecule has 174 valence electrons. The summed E-state index contributed by atoms with van der Waals surface area (Å²) in [5.74, 6) is 0. The van der Waals surface area contributed by atoms with Crippen molar-refractivity contribution in [1.82, 2.24) is 4.98 Å². The maximum absolute atomic E-state index is 12.6. The number of hydrazone groups is 1. The van der Waals surface area contributed by atoms with E-state index in [4.69, 9.17) is 4.42 Å². The number of nitrogens with zero attached hydrogens (tertiary/aromatic N) is 4. The molecule has 0 aliphatic carbocycles. The van der Waals surface area contributed by atoms with E-state index in [2.05, 4.69) is 34.3 Å². The second-order valence-electron chi connectivity index (χ2n) is 7.49. The minimum atomic E-state index is -0.460. The van der Waals surface area contributed by atoms with Gasteiger partial charge in [-0.25, -0.2) is 9.78 Å². The molecule has 10 heteroatoms. The molecule has 0 bridgehead atoms. The number of hydrogen-bond acceptors (Lipinski definition) is 9. The fraction of sp³-hybridized carbons (Fsp3) is 0.208. The van der Waals surface area contributed by atoms with E-state index in [1.807, 2.05) is 23.6 Å². The highest BCUT2D eigenvalue weighted by molar-refractivity contribution is 7.14. The number of non-ortho nitro benzene ring substituents is 1. The van der Waals surface area contributed by atoms with Crippen molar-refractivity contribution < 1.29 is 9.34 Å². The lowest BCUT2D eigenvalue weighted by Gasteiger charge is -2.21. The molecule has 4 rings (SSSR count). The Hall–Kier alpha value is -4.05. The van der Waals surface area contributed by atoms with Crippen LogP contribution in [-0.2, 0) is 0 Å². The summed E-state index contributed by atoms with van der Waals surface area (Å²) >= 11 is 1.34. The third-order valence-electron chi connectivity index (χ3n) is 5.44. The fourth-order valence-electron chi connectivity index (χ4n) is 3.54. The Bertz CT molecular complexity index is 1420. The summed E-state index contributed by atoms with van der Waals surface area (Å²) in [6.07, 6.45) is 0. The number of nitro benzene ring substituents is 1. The predicted molar refractivity (Wildman–Crippen MR) is 136 cm³/mol. The van der Waals surface area contributed by atoms with E-state index >= 15 is 0 Å². The quantitative estimate of drug-likeness (QED) is 0.154. The van der Waals surface area contributed by atoms with Gasteiger partial charge in [0.25, 0.3) is 5.69 Å². The van der Waals surface area contributed by atoms with Gasteiger partial charge in [-0.1, -0.05) is 0 Å². The average Bonchev–Trinajstić information content (AvgIpc) is 3.32. The minimum absolute atomic E-state index is 0.0241. The van der Waals surface area contributed by atoms with Crippen molar-refractivity contribution >= 4 is 44.5 Å². The van der Waals surface area contributed by atoms with E-state index < -0.39 is 10.5 Å². The first kappa shape index (κ1) is 23.1. The van der Waals surface area contributed by atoms with Gasteiger partial charge in [-0.05, 0) is 51.1 Å². The first-order valence-electron chi connectivity index (χ1n) is 10.7. The number of aromatic nitrogens is 1. The maximum Gasteiger partial charge on any atom is 0.345 e. The van der Waals surface area contributed by atoms with Crippen molar-refractivity contribution in [3.8, 4) is 11.3 Å². The zero-order valence-electron chi connectivity index (χ0n) is 18.9. The number of nitrogens with one attached hydrogen (secondary N) is 1. The van der Waals surface area contributed by atoms with Crippen LogP contribution in [0.1, 0.15) is 26.3 Å². The molecule has 0 amide bonds. The van der Waals surface area contributed by atoms with Gasteiger partial charge in [0.05, 0.1) is 21.9 Å². The largest absolute Gasteiger partial charge is 0.422 e. The summed E-state index contributed by atoms with van der Waals surface area (Å²) < 4.78 is 5.58. The molecule has 2 aromatic carbocycles. The van der Waals surface area contributed by atoms with Gasteiger partial charge in [0, 0.05) is 53.3 Å². The van der Waals surface area contributed by atoms with Crippen LogP contribution >= 0.6 is 11.3 Å². The fourth-order valence-corrected chi connectivity index (χ4v) is 4.20. The lowest BCUT2D eigenvalue weighted by molar-refractivity contribution is -0.384. The van der Waals surface area contributed by atoms with Gasteiger partial charge >= 0.3 is 5.63 Å². The molecule has 0 atom stereocenters. The van der Waals surface area contributed by atoms with Crippen molar-refractivity contribution in [3.05, 3.63) is 80.0 Å². The summed E-state index contributed by atoms with van der Waals surface area (Å²) in [6.45, 7) is 7.61. The molecule has 0 saturated heterocycles. The molecular weight excluding hydrogens is 454 g/mol. The van der Waals surface area contributed by atoms with Gasteiger partial charge < -0.3 is 9.32 Å². The number of nitro groups is 1. The topological polar surface area (TPSA) is 114 Å². The van der Waals surface area contributed by atoms with E-state index in [9.17, 15) is 14.9 Å². The molecule has 0 saturated carbocycles. The maximum atomic E-state index is 12.6. The van der Waals surface area contributed by atoms with Crippen molar-refractivity contribution in [3.63, 3.8) is 0 Å². The summed E-state index contributed by atoms with van der Waals surface area (Å²) in [7, 11) is 0. The molecule has 0 aliphatic rings. The third-order valence-corrected chi connectivity index (χ3v) is 6.18. The zero-order valence-corrected chi connectivity index (χ0v) is 19.8. The van der Waals surface area contributed by atoms with Crippen molar-refractivity contribution in [1.29, 1.82) is 0 Å². The van der Waals surface area contributed by atoms with Gasteiger partial charge in [0.1, 0.15) is 5.58 Å². The normalized spacial score (nSPS) is 11.6. The minimum Gasteiger partial charge on any atom is -0.422 e. The lowest BCUT2D eigenvalue weighted by Crippen LogP contribution is -2.21. The lowest BCUT2D eigenvalue weighted by atomic mass is 10.1. The predicted octanol–water partition coefficient (Wildman–Crippen LogP) is 5.51. The Labute approximate surface area is 199 Å². The SMILES string of the molecule is CCN(CC)c1ccc2cc(C(C)=NNc3nc(-c4ccc([N+](=O)[O-])cc4)cs3)c(=O)oc2c1. The zero-order chi connectivity index (χ0) is 24.2. The second kappa shape index (κ2) is 9.84. The molecule has 4 aromatic rings. The number of hydrogen-bond donors (Lipinski definition) is 1. The number of rotatable bonds is 8. The van der Waals surface area contributed by atoms with Crippen LogP contribution in [0.25, 0.3) is 22.2 Å². The Morgan fingerprint density at radius 1 is 1.18 bits per heavy atom. The number of benzene rings is 2. The number of anilines is 2. The van der Waals surface area contributed by atoms with Crippen LogP contribution in [0.4, 0.5) is 16.5 Å². The summed E-state index contributed by atoms with van der Waals surface area (Å²) in [6, 6.07) is 13.8. The summed E-state index contributed by atoms with van der Waals surface area (Å²) in [5.41, 5.74) is 6.24. The van der Waals surface area contributed by atoms with Gasteiger partial charge in [-0.2, -0.15) is 5.10 Å². The van der Waals surface area contributed by atoms with Gasteiger partial charge in [-0.15, -0.1) is 11.3 Å². The van der Waals surface area contributed by atoms with Crippen LogP contribution in [0.5, 0.6) is 0 Å². The summed E-state index contributed by atoms with van der Waals surface area (Å²) in [5, 5.41) is 18.3. The number of fused-ring (bicyclic) bond motifs is 1. The Kier molecular flexibility index (Phi) is 6.69. The van der Waals surface area contributed by atoms with E-state index in [1.54, 1.807) is 25.1 Å². The molecule has 9 nitrogen and oxygen atoms in total. The van der Waals surface area contributed by atoms with E-state index in [-0.39, 0.29) is 5.69 Å². The van der Waals surface area contributed by atoms with Crippen LogP contribution < -0.4 is 16.0 Å². The first-order valence-corrected chi connectivity index (χ1v) is 11.6. The molecule has 1 N–H and O–H groups in total. The molecule has 0 aliphatic heterocycles. The third kappa shape index (κ3) is 4.81. The van der Waals surface area contributed by atoms with Gasteiger partial charge in [-0.3, -0.25) is 15.5 Å². The molecule has 0 spiro atoms. The van der Waals surface area contributed by atoms with Crippen LogP contribution in [-0.4, -0.2) is 28.7 Å². The smallest absolute Gasteiger partial charge is 0.345 e. The molecular formula is C24H23N5O4S. The molecule has 0 unspecified atom stereocenters. The number of thiazole rings is 1. The standard InChI is InChI=1S/C24H23N5O4S/c1-4-28(5-2)19-11-8-17-12-20(23(30)33-22(17)13-19)15(3)26-27-24-25-21(14-34-24)16-6-9-18(10-7-16)29(31)32/h6-14H,4-5H2,1-3H3,(H,25,27). The van der Waals surface area contributed by atoms with E-state index in [1.165, 1.54) is 23.5 Å². The average molecular weight is 478 g/mol. The Morgan fingerprint density at radius 2 is 1.91 bits per heavy atom. The van der Waals surface area contributed by atoms with Crippen LogP contribution in [0.2, 0.25) is 0 Å². The van der Waals surface area contributed by atoms with E-state index in [0.29, 0.717) is 27.7 Å². The molecule has 34 heavy (non-hydrogen) atoms. The molecule has 2 aromatic heterocycles. The monoisotopic (exact) mass is 477 g/mol. The van der Waals surface area contributed by atoms with Crippen LogP contribution in [0, 0.1) is 10.1 Å². The van der Waals surface area contributed by atoms with Gasteiger partial charge in [0.15, 0.2) is 0 Å². The van der Waals surface area contributed by atoms with E-state index in [0.717, 1.165) is 29.7 Å². The van der Waals surface area contributed by atoms with Crippen molar-refractivity contribution in [2.24, 2.45) is 5.10 Å². The Morgan fingerprint density at radius 3 is 2.59 bits per heavy atom. The van der Waals surface area contributed by atoms with Crippen molar-refractivity contribution in [2.75, 3.05) is 23.4 Å². The highest BCUT2D eigenvalue weighted by Gasteiger charge is 2.12. The highest BCUT2D eigenvalue weighted by Crippen LogP contribution is 2.27.